The normalized spacial score (nSPS) is 22.4. The van der Waals surface area contributed by atoms with Gasteiger partial charge in [-0.3, -0.25) is 9.69 Å². The quantitative estimate of drug-likeness (QED) is 0.469. The number of hydrogen-bond donors (Lipinski definition) is 0. The molecule has 2 aliphatic rings. The molecule has 5 heteroatoms. The van der Waals surface area contributed by atoms with Gasteiger partial charge in [-0.25, -0.2) is 0 Å². The van der Waals surface area contributed by atoms with Crippen LogP contribution in [0.3, 0.4) is 0 Å². The molecule has 0 aromatic heterocycles. The fourth-order valence-corrected chi connectivity index (χ4v) is 5.79. The smallest absolute Gasteiger partial charge is 0.240 e. The van der Waals surface area contributed by atoms with Crippen molar-refractivity contribution < 1.29 is 9.53 Å². The highest BCUT2D eigenvalue weighted by Gasteiger charge is 2.61. The molecule has 0 saturated carbocycles. The lowest BCUT2D eigenvalue weighted by Gasteiger charge is -2.37. The van der Waals surface area contributed by atoms with E-state index in [1.165, 1.54) is 0 Å². The second-order valence-corrected chi connectivity index (χ2v) is 9.70. The Bertz CT molecular complexity index is 1160. The topological polar surface area (TPSA) is 32.8 Å². The Morgan fingerprint density at radius 3 is 2.45 bits per heavy atom. The molecule has 1 amide bonds. The first-order valence-electron chi connectivity index (χ1n) is 11.5. The van der Waals surface area contributed by atoms with Crippen LogP contribution in [0.2, 0.25) is 5.02 Å². The summed E-state index contributed by atoms with van der Waals surface area (Å²) in [7, 11) is 1.68. The monoisotopic (exact) mass is 460 g/mol. The SMILES string of the molecule is COc1ccc2c(c1)[C@]1(CCN(C(C)C)[C@H]1c1ccc(Cl)cc1)C(=O)N2Cc1ccccc1. The lowest BCUT2D eigenvalue weighted by atomic mass is 9.72. The molecule has 5 rings (SSSR count). The Morgan fingerprint density at radius 2 is 1.79 bits per heavy atom. The zero-order valence-corrected chi connectivity index (χ0v) is 20.0. The number of carbonyl (C=O) groups excluding carboxylic acids is 1. The van der Waals surface area contributed by atoms with E-state index in [0.29, 0.717) is 17.6 Å². The molecule has 33 heavy (non-hydrogen) atoms. The molecule has 3 aromatic rings. The van der Waals surface area contributed by atoms with Crippen molar-refractivity contribution in [1.82, 2.24) is 4.90 Å². The molecule has 0 radical (unpaired) electrons. The van der Waals surface area contributed by atoms with Crippen LogP contribution in [0.15, 0.2) is 72.8 Å². The first-order valence-corrected chi connectivity index (χ1v) is 11.9. The summed E-state index contributed by atoms with van der Waals surface area (Å²) in [5.74, 6) is 0.943. The number of ether oxygens (including phenoxy) is 1. The Kier molecular flexibility index (Phi) is 5.67. The van der Waals surface area contributed by atoms with E-state index in [4.69, 9.17) is 16.3 Å². The summed E-state index contributed by atoms with van der Waals surface area (Å²) in [5, 5.41) is 0.701. The number of anilines is 1. The van der Waals surface area contributed by atoms with Crippen LogP contribution in [0.1, 0.15) is 43.0 Å². The van der Waals surface area contributed by atoms with Crippen LogP contribution in [-0.4, -0.2) is 30.5 Å². The van der Waals surface area contributed by atoms with Crippen LogP contribution < -0.4 is 9.64 Å². The molecule has 0 aliphatic carbocycles. The summed E-state index contributed by atoms with van der Waals surface area (Å²) in [4.78, 5) is 18.9. The van der Waals surface area contributed by atoms with E-state index in [0.717, 1.165) is 41.1 Å². The van der Waals surface area contributed by atoms with Crippen LogP contribution in [-0.2, 0) is 16.8 Å². The number of rotatable bonds is 5. The van der Waals surface area contributed by atoms with Crippen LogP contribution in [0.25, 0.3) is 0 Å². The number of halogens is 1. The number of hydrogen-bond acceptors (Lipinski definition) is 3. The fraction of sp³-hybridized carbons (Fsp3) is 0.321. The minimum absolute atomic E-state index is 0.0751. The number of carbonyl (C=O) groups is 1. The number of likely N-dealkylation sites (tertiary alicyclic amines) is 1. The molecule has 1 fully saturated rings. The minimum atomic E-state index is -0.670. The van der Waals surface area contributed by atoms with Gasteiger partial charge >= 0.3 is 0 Å². The van der Waals surface area contributed by atoms with Gasteiger partial charge in [0.1, 0.15) is 5.75 Å². The molecular formula is C28H29ClN2O2. The number of methoxy groups -OCH3 is 1. The third kappa shape index (κ3) is 3.53. The van der Waals surface area contributed by atoms with Crippen LogP contribution in [0, 0.1) is 0 Å². The second kappa shape index (κ2) is 8.51. The number of nitrogens with zero attached hydrogens (tertiary/aromatic N) is 2. The Hall–Kier alpha value is -2.82. The van der Waals surface area contributed by atoms with Gasteiger partial charge in [-0.2, -0.15) is 0 Å². The van der Waals surface area contributed by atoms with Crippen molar-refractivity contribution in [1.29, 1.82) is 0 Å². The van der Waals surface area contributed by atoms with Crippen molar-refractivity contribution in [3.05, 3.63) is 94.5 Å². The molecule has 0 N–H and O–H groups in total. The highest BCUT2D eigenvalue weighted by molar-refractivity contribution is 6.30. The molecule has 1 spiro atoms. The molecule has 2 atom stereocenters. The molecule has 170 valence electrons. The predicted molar refractivity (Wildman–Crippen MR) is 133 cm³/mol. The van der Waals surface area contributed by atoms with E-state index >= 15 is 0 Å². The third-order valence-electron chi connectivity index (χ3n) is 7.20. The Labute approximate surface area is 200 Å². The summed E-state index contributed by atoms with van der Waals surface area (Å²) < 4.78 is 5.60. The summed E-state index contributed by atoms with van der Waals surface area (Å²) in [6.07, 6.45) is 0.767. The molecule has 1 saturated heterocycles. The summed E-state index contributed by atoms with van der Waals surface area (Å²) in [6.45, 7) is 5.81. The van der Waals surface area contributed by atoms with Crippen LogP contribution in [0.4, 0.5) is 5.69 Å². The average molecular weight is 461 g/mol. The lowest BCUT2D eigenvalue weighted by Crippen LogP contribution is -2.45. The maximum Gasteiger partial charge on any atom is 0.240 e. The van der Waals surface area contributed by atoms with E-state index in [9.17, 15) is 4.79 Å². The van der Waals surface area contributed by atoms with Crippen molar-refractivity contribution in [3.63, 3.8) is 0 Å². The standard InChI is InChI=1S/C28H29ClN2O2/c1-19(2)30-16-15-28(26(30)21-9-11-22(29)12-10-21)24-17-23(33-3)13-14-25(24)31(27(28)32)18-20-7-5-4-6-8-20/h4-14,17,19,26H,15-16,18H2,1-3H3/t26-,28-/m0/s1. The van der Waals surface area contributed by atoms with Gasteiger partial charge in [0.25, 0.3) is 0 Å². The van der Waals surface area contributed by atoms with Gasteiger partial charge in [-0.15, -0.1) is 0 Å². The van der Waals surface area contributed by atoms with Crippen LogP contribution >= 0.6 is 11.6 Å². The summed E-state index contributed by atoms with van der Waals surface area (Å²) in [5.41, 5.74) is 3.61. The Morgan fingerprint density at radius 1 is 1.06 bits per heavy atom. The molecule has 2 heterocycles. The van der Waals surface area contributed by atoms with Crippen molar-refractivity contribution in [2.45, 2.75) is 44.3 Å². The predicted octanol–water partition coefficient (Wildman–Crippen LogP) is 5.99. The van der Waals surface area contributed by atoms with Gasteiger partial charge in [0, 0.05) is 23.3 Å². The van der Waals surface area contributed by atoms with Crippen molar-refractivity contribution in [2.24, 2.45) is 0 Å². The van der Waals surface area contributed by atoms with E-state index in [1.807, 2.05) is 47.4 Å². The molecule has 0 unspecified atom stereocenters. The van der Waals surface area contributed by atoms with Gasteiger partial charge in [0.2, 0.25) is 5.91 Å². The number of amides is 1. The fourth-order valence-electron chi connectivity index (χ4n) is 5.66. The third-order valence-corrected chi connectivity index (χ3v) is 7.45. The van der Waals surface area contributed by atoms with Crippen LogP contribution in [0.5, 0.6) is 5.75 Å². The van der Waals surface area contributed by atoms with Crippen molar-refractivity contribution in [2.75, 3.05) is 18.6 Å². The zero-order valence-electron chi connectivity index (χ0n) is 19.3. The molecular weight excluding hydrogens is 432 g/mol. The molecule has 3 aromatic carbocycles. The summed E-state index contributed by atoms with van der Waals surface area (Å²) >= 11 is 6.23. The number of fused-ring (bicyclic) bond motifs is 2. The zero-order chi connectivity index (χ0) is 23.2. The van der Waals surface area contributed by atoms with Crippen molar-refractivity contribution in [3.8, 4) is 5.75 Å². The Balaban J connectivity index is 1.69. The largest absolute Gasteiger partial charge is 0.497 e. The first kappa shape index (κ1) is 22.0. The van der Waals surface area contributed by atoms with Gasteiger partial charge in [0.05, 0.1) is 25.1 Å². The lowest BCUT2D eigenvalue weighted by molar-refractivity contribution is -0.124. The van der Waals surface area contributed by atoms with Gasteiger partial charge in [0.15, 0.2) is 0 Å². The maximum absolute atomic E-state index is 14.4. The highest BCUT2D eigenvalue weighted by atomic mass is 35.5. The molecule has 0 bridgehead atoms. The maximum atomic E-state index is 14.4. The van der Waals surface area contributed by atoms with E-state index in [-0.39, 0.29) is 11.9 Å². The van der Waals surface area contributed by atoms with Crippen molar-refractivity contribution >= 4 is 23.2 Å². The van der Waals surface area contributed by atoms with Gasteiger partial charge in [-0.1, -0.05) is 54.1 Å². The minimum Gasteiger partial charge on any atom is -0.497 e. The van der Waals surface area contributed by atoms with E-state index < -0.39 is 5.41 Å². The highest BCUT2D eigenvalue weighted by Crippen LogP contribution is 2.58. The summed E-state index contributed by atoms with van der Waals surface area (Å²) in [6, 6.07) is 24.5. The van der Waals surface area contributed by atoms with Gasteiger partial charge in [-0.05, 0) is 67.3 Å². The number of benzene rings is 3. The van der Waals surface area contributed by atoms with E-state index in [1.54, 1.807) is 7.11 Å². The second-order valence-electron chi connectivity index (χ2n) is 9.27. The molecule has 2 aliphatic heterocycles. The van der Waals surface area contributed by atoms with Gasteiger partial charge < -0.3 is 9.64 Å². The average Bonchev–Trinajstić information content (AvgIpc) is 3.33. The first-order chi connectivity index (χ1) is 16.0. The molecule has 4 nitrogen and oxygen atoms in total. The van der Waals surface area contributed by atoms with E-state index in [2.05, 4.69) is 49.1 Å².